The van der Waals surface area contributed by atoms with Crippen LogP contribution in [0.5, 0.6) is 5.75 Å². The van der Waals surface area contributed by atoms with Crippen molar-refractivity contribution in [2.24, 2.45) is 0 Å². The van der Waals surface area contributed by atoms with Gasteiger partial charge in [0.2, 0.25) is 29.5 Å². The number of thiophene rings is 1. The lowest BCUT2D eigenvalue weighted by Gasteiger charge is -2.26. The molecule has 6 N–H and O–H groups in total. The molecule has 14 heteroatoms. The summed E-state index contributed by atoms with van der Waals surface area (Å²) in [4.78, 5) is 81.9. The summed E-state index contributed by atoms with van der Waals surface area (Å²) in [5, 5.41) is 25.7. The van der Waals surface area contributed by atoms with Crippen LogP contribution in [0.1, 0.15) is 40.0 Å². The third-order valence-corrected chi connectivity index (χ3v) is 10.6. The van der Waals surface area contributed by atoms with E-state index >= 15 is 0 Å². The Hall–Kier alpha value is -6.80. The fourth-order valence-corrected chi connectivity index (χ4v) is 7.25. The highest BCUT2D eigenvalue weighted by atomic mass is 32.1. The van der Waals surface area contributed by atoms with E-state index in [2.05, 4.69) is 26.6 Å². The Bertz CT molecular complexity index is 2200. The minimum Gasteiger partial charge on any atom is -0.489 e. The number of carboxylic acid groups (broad SMARTS) is 1. The van der Waals surface area contributed by atoms with Crippen molar-refractivity contribution in [3.8, 4) is 5.75 Å². The number of nitrogens with one attached hydrogen (secondary N) is 5. The summed E-state index contributed by atoms with van der Waals surface area (Å²) in [5.41, 5.74) is 3.36. The van der Waals surface area contributed by atoms with Gasteiger partial charge in [-0.25, -0.2) is 4.79 Å². The average Bonchev–Trinajstić information content (AvgIpc) is 3.76. The molecule has 5 aromatic rings. The second kappa shape index (κ2) is 20.6. The van der Waals surface area contributed by atoms with Gasteiger partial charge in [-0.1, -0.05) is 91.0 Å². The molecule has 4 atom stereocenters. The minimum absolute atomic E-state index is 0.0103. The smallest absolute Gasteiger partial charge is 0.326 e. The molecule has 5 amide bonds. The number of fused-ring (bicyclic) bond motifs is 18. The van der Waals surface area contributed by atoms with Gasteiger partial charge in [0.1, 0.15) is 36.5 Å². The summed E-state index contributed by atoms with van der Waals surface area (Å²) in [6.45, 7) is 0.350. The van der Waals surface area contributed by atoms with E-state index in [1.807, 2.05) is 53.9 Å². The first kappa shape index (κ1) is 41.8. The summed E-state index contributed by atoms with van der Waals surface area (Å²) in [6.07, 6.45) is -0.348. The van der Waals surface area contributed by atoms with E-state index in [0.717, 1.165) is 10.4 Å². The van der Waals surface area contributed by atoms with E-state index in [1.165, 1.54) is 11.3 Å². The van der Waals surface area contributed by atoms with Crippen LogP contribution in [-0.2, 0) is 61.1 Å². The van der Waals surface area contributed by atoms with E-state index in [1.54, 1.807) is 72.8 Å². The molecule has 7 rings (SSSR count). The maximum atomic E-state index is 14.4. The molecule has 0 fully saturated rings. The van der Waals surface area contributed by atoms with Gasteiger partial charge >= 0.3 is 5.97 Å². The van der Waals surface area contributed by atoms with Gasteiger partial charge in [0.05, 0.1) is 0 Å². The summed E-state index contributed by atoms with van der Waals surface area (Å²) in [5.74, 6) is -3.76. The van der Waals surface area contributed by atoms with Crippen LogP contribution >= 0.6 is 11.3 Å². The molecule has 1 aromatic heterocycles. The maximum absolute atomic E-state index is 14.4. The van der Waals surface area contributed by atoms with E-state index in [4.69, 9.17) is 4.74 Å². The predicted molar refractivity (Wildman–Crippen MR) is 222 cm³/mol. The van der Waals surface area contributed by atoms with Crippen molar-refractivity contribution in [1.29, 1.82) is 0 Å². The largest absolute Gasteiger partial charge is 0.489 e. The Morgan fingerprint density at radius 2 is 1.15 bits per heavy atom. The van der Waals surface area contributed by atoms with Crippen LogP contribution in [0.4, 0.5) is 5.69 Å². The molecule has 3 heterocycles. The lowest BCUT2D eigenvalue weighted by atomic mass is 10.0. The zero-order chi connectivity index (χ0) is 41.6. The highest BCUT2D eigenvalue weighted by Gasteiger charge is 2.32. The minimum atomic E-state index is -1.36. The first-order valence-electron chi connectivity index (χ1n) is 19.2. The SMILES string of the molecule is O=C1CCC(=O)NC(Cc2cccs2)C(=O)NC(Cc2ccc(OCc3ccccc3)cc2)C(=O)NC(Cc2ccccc2)C(=O)NC(C(=O)O)Cc2ccc(cc2)N1. The Labute approximate surface area is 345 Å². The molecule has 0 saturated carbocycles. The van der Waals surface area contributed by atoms with Gasteiger partial charge in [0.15, 0.2) is 0 Å². The van der Waals surface area contributed by atoms with Gasteiger partial charge in [0.25, 0.3) is 0 Å². The highest BCUT2D eigenvalue weighted by molar-refractivity contribution is 7.09. The van der Waals surface area contributed by atoms with Gasteiger partial charge in [-0.3, -0.25) is 24.0 Å². The molecule has 0 aliphatic carbocycles. The molecule has 4 unspecified atom stereocenters. The monoisotopic (exact) mass is 815 g/mol. The molecular formula is C45H45N5O8S. The van der Waals surface area contributed by atoms with Crippen molar-refractivity contribution >= 4 is 52.5 Å². The van der Waals surface area contributed by atoms with Crippen LogP contribution in [0.2, 0.25) is 0 Å². The fraction of sp³-hybridized carbons (Fsp3) is 0.244. The number of anilines is 1. The number of hydrogen-bond acceptors (Lipinski definition) is 8. The number of amides is 5. The number of hydrogen-bond donors (Lipinski definition) is 6. The standard InChI is InChI=1S/C45H45N5O8S/c51-40-21-22-41(52)47-38(27-35-12-7-23-59-35)44(55)49-37(25-31-15-19-34(20-16-31)58-28-32-10-5-2-6-11-32)42(53)48-36(24-29-8-3-1-4-9-29)43(54)50-39(45(56)57)26-30-13-17-33(46-40)18-14-30/h1-20,23,36-39H,21-22,24-28H2,(H,46,51)(H,47,52)(H,48,53)(H,49,55)(H,50,54)(H,56,57). The lowest BCUT2D eigenvalue weighted by Crippen LogP contribution is -2.59. The quantitative estimate of drug-likeness (QED) is 0.112. The molecule has 304 valence electrons. The molecule has 2 bridgehead atoms. The van der Waals surface area contributed by atoms with E-state index in [0.29, 0.717) is 34.7 Å². The molecule has 2 aliphatic rings. The second-order valence-corrected chi connectivity index (χ2v) is 15.2. The Morgan fingerprint density at radius 3 is 1.75 bits per heavy atom. The third kappa shape index (κ3) is 12.9. The van der Waals surface area contributed by atoms with Crippen LogP contribution in [0, 0.1) is 0 Å². The van der Waals surface area contributed by atoms with Crippen molar-refractivity contribution in [2.75, 3.05) is 5.32 Å². The summed E-state index contributed by atoms with van der Waals surface area (Å²) < 4.78 is 5.94. The van der Waals surface area contributed by atoms with E-state index in [-0.39, 0.29) is 38.5 Å². The van der Waals surface area contributed by atoms with Crippen molar-refractivity contribution in [3.63, 3.8) is 0 Å². The van der Waals surface area contributed by atoms with Crippen LogP contribution in [0.3, 0.4) is 0 Å². The van der Waals surface area contributed by atoms with E-state index in [9.17, 15) is 33.9 Å². The zero-order valence-electron chi connectivity index (χ0n) is 32.1. The maximum Gasteiger partial charge on any atom is 0.326 e. The molecule has 13 nitrogen and oxygen atoms in total. The molecule has 0 spiro atoms. The van der Waals surface area contributed by atoms with Gasteiger partial charge < -0.3 is 36.4 Å². The lowest BCUT2D eigenvalue weighted by molar-refractivity contribution is -0.142. The average molecular weight is 816 g/mol. The van der Waals surface area contributed by atoms with Crippen molar-refractivity contribution in [2.45, 2.75) is 69.3 Å². The Balaban J connectivity index is 1.31. The number of aliphatic carboxylic acids is 1. The topological polar surface area (TPSA) is 192 Å². The van der Waals surface area contributed by atoms with Crippen molar-refractivity contribution in [1.82, 2.24) is 21.3 Å². The summed E-state index contributed by atoms with van der Waals surface area (Å²) in [6, 6.07) is 30.8. The van der Waals surface area contributed by atoms with E-state index < -0.39 is 59.7 Å². The van der Waals surface area contributed by atoms with Gasteiger partial charge in [0, 0.05) is 49.1 Å². The number of carboxylic acids is 1. The normalized spacial score (nSPS) is 19.6. The van der Waals surface area contributed by atoms with Crippen LogP contribution < -0.4 is 31.3 Å². The number of carbonyl (C=O) groups excluding carboxylic acids is 5. The van der Waals surface area contributed by atoms with Gasteiger partial charge in [-0.15, -0.1) is 11.3 Å². The van der Waals surface area contributed by atoms with Crippen LogP contribution in [0.15, 0.2) is 127 Å². The molecular weight excluding hydrogens is 771 g/mol. The molecule has 0 radical (unpaired) electrons. The van der Waals surface area contributed by atoms with Gasteiger partial charge in [-0.2, -0.15) is 0 Å². The molecule has 59 heavy (non-hydrogen) atoms. The molecule has 2 aliphatic heterocycles. The Kier molecular flexibility index (Phi) is 14.6. The molecule has 0 saturated heterocycles. The summed E-state index contributed by atoms with van der Waals surface area (Å²) in [7, 11) is 0. The number of ether oxygens (including phenoxy) is 1. The number of carbonyl (C=O) groups is 6. The van der Waals surface area contributed by atoms with Crippen molar-refractivity contribution < 1.29 is 38.6 Å². The molecule has 4 aromatic carbocycles. The highest BCUT2D eigenvalue weighted by Crippen LogP contribution is 2.18. The fourth-order valence-electron chi connectivity index (χ4n) is 6.50. The number of benzene rings is 4. The van der Waals surface area contributed by atoms with Gasteiger partial charge in [-0.05, 0) is 58.0 Å². The Morgan fingerprint density at radius 1 is 0.593 bits per heavy atom. The second-order valence-electron chi connectivity index (χ2n) is 14.2. The predicted octanol–water partition coefficient (Wildman–Crippen LogP) is 4.35. The first-order valence-corrected chi connectivity index (χ1v) is 20.1. The summed E-state index contributed by atoms with van der Waals surface area (Å²) >= 11 is 1.40. The van der Waals surface area contributed by atoms with Crippen molar-refractivity contribution in [3.05, 3.63) is 154 Å². The number of rotatable bonds is 10. The van der Waals surface area contributed by atoms with Crippen LogP contribution in [-0.4, -0.2) is 64.8 Å². The zero-order valence-corrected chi connectivity index (χ0v) is 32.9. The first-order chi connectivity index (χ1) is 28.6. The third-order valence-electron chi connectivity index (χ3n) is 9.67. The van der Waals surface area contributed by atoms with Crippen LogP contribution in [0.25, 0.3) is 0 Å².